The molecule has 6 heteroatoms. The van der Waals surface area contributed by atoms with E-state index >= 15 is 0 Å². The van der Waals surface area contributed by atoms with E-state index in [0.29, 0.717) is 12.0 Å². The molecule has 0 bridgehead atoms. The van der Waals surface area contributed by atoms with E-state index in [1.165, 1.54) is 23.3 Å². The zero-order valence-electron chi connectivity index (χ0n) is 15.3. The van der Waals surface area contributed by atoms with E-state index in [9.17, 15) is 0 Å². The quantitative estimate of drug-likeness (QED) is 0.814. The standard InChI is InChI=1S/C19H27N3O2S/c1-22(2)13-5-7-14(8-6-13)24-18-17-16-12(10-23-3)4-9-15(16)25-19(17)21-11-20-18/h11-14H,4-10H2,1-3H3. The molecule has 2 aromatic rings. The van der Waals surface area contributed by atoms with Gasteiger partial charge >= 0.3 is 0 Å². The molecular weight excluding hydrogens is 334 g/mol. The number of hydrogen-bond acceptors (Lipinski definition) is 6. The first-order valence-corrected chi connectivity index (χ1v) is 10.1. The van der Waals surface area contributed by atoms with Crippen LogP contribution in [0.3, 0.4) is 0 Å². The van der Waals surface area contributed by atoms with Crippen LogP contribution in [0.4, 0.5) is 0 Å². The van der Waals surface area contributed by atoms with Crippen LogP contribution in [0.1, 0.15) is 48.5 Å². The lowest BCUT2D eigenvalue weighted by Crippen LogP contribution is -2.35. The van der Waals surface area contributed by atoms with Crippen molar-refractivity contribution in [2.45, 2.75) is 56.6 Å². The van der Waals surface area contributed by atoms with Crippen molar-refractivity contribution in [3.05, 3.63) is 16.8 Å². The zero-order valence-corrected chi connectivity index (χ0v) is 16.1. The van der Waals surface area contributed by atoms with Crippen LogP contribution in [0.15, 0.2) is 6.33 Å². The Morgan fingerprint density at radius 1 is 1.16 bits per heavy atom. The summed E-state index contributed by atoms with van der Waals surface area (Å²) in [6.45, 7) is 0.765. The van der Waals surface area contributed by atoms with Crippen LogP contribution in [-0.2, 0) is 11.2 Å². The summed E-state index contributed by atoms with van der Waals surface area (Å²) in [6.07, 6.45) is 8.79. The molecule has 0 saturated heterocycles. The van der Waals surface area contributed by atoms with Gasteiger partial charge in [-0.15, -0.1) is 11.3 Å². The molecule has 1 unspecified atom stereocenters. The highest BCUT2D eigenvalue weighted by Crippen LogP contribution is 2.46. The van der Waals surface area contributed by atoms with Crippen molar-refractivity contribution < 1.29 is 9.47 Å². The Kier molecular flexibility index (Phi) is 4.93. The highest BCUT2D eigenvalue weighted by molar-refractivity contribution is 7.19. The number of aromatic nitrogens is 2. The fourth-order valence-electron chi connectivity index (χ4n) is 4.33. The minimum Gasteiger partial charge on any atom is -0.474 e. The molecule has 0 amide bonds. The van der Waals surface area contributed by atoms with Crippen LogP contribution in [0.2, 0.25) is 0 Å². The molecule has 0 aromatic carbocycles. The van der Waals surface area contributed by atoms with Gasteiger partial charge in [-0.25, -0.2) is 9.97 Å². The Morgan fingerprint density at radius 2 is 1.96 bits per heavy atom. The Balaban J connectivity index is 1.58. The highest BCUT2D eigenvalue weighted by atomic mass is 32.1. The number of thiophene rings is 1. The van der Waals surface area contributed by atoms with E-state index in [4.69, 9.17) is 9.47 Å². The van der Waals surface area contributed by atoms with E-state index in [1.54, 1.807) is 24.8 Å². The maximum Gasteiger partial charge on any atom is 0.225 e. The lowest BCUT2D eigenvalue weighted by atomic mass is 9.92. The Labute approximate surface area is 153 Å². The average Bonchev–Trinajstić information content (AvgIpc) is 3.16. The van der Waals surface area contributed by atoms with Gasteiger partial charge in [-0.3, -0.25) is 0 Å². The van der Waals surface area contributed by atoms with Gasteiger partial charge in [0.2, 0.25) is 5.88 Å². The molecule has 1 saturated carbocycles. The second-order valence-electron chi connectivity index (χ2n) is 7.50. The second kappa shape index (κ2) is 7.17. The van der Waals surface area contributed by atoms with Crippen LogP contribution in [-0.4, -0.2) is 54.8 Å². The zero-order chi connectivity index (χ0) is 17.4. The maximum atomic E-state index is 6.40. The van der Waals surface area contributed by atoms with Crippen molar-refractivity contribution >= 4 is 21.6 Å². The average molecular weight is 362 g/mol. The molecule has 25 heavy (non-hydrogen) atoms. The molecule has 4 rings (SSSR count). The van der Waals surface area contributed by atoms with Crippen molar-refractivity contribution in [1.29, 1.82) is 0 Å². The smallest absolute Gasteiger partial charge is 0.225 e. The molecule has 2 aromatic heterocycles. The molecule has 5 nitrogen and oxygen atoms in total. The van der Waals surface area contributed by atoms with Crippen molar-refractivity contribution in [2.75, 3.05) is 27.8 Å². The topological polar surface area (TPSA) is 47.5 Å². The SMILES string of the molecule is COCC1CCc2sc3ncnc(OC4CCC(N(C)C)CC4)c3c21. The van der Waals surface area contributed by atoms with Crippen molar-refractivity contribution in [3.8, 4) is 5.88 Å². The summed E-state index contributed by atoms with van der Waals surface area (Å²) in [5.74, 6) is 1.24. The second-order valence-corrected chi connectivity index (χ2v) is 8.58. The third kappa shape index (κ3) is 3.27. The lowest BCUT2D eigenvalue weighted by Gasteiger charge is -2.32. The van der Waals surface area contributed by atoms with Crippen molar-refractivity contribution in [3.63, 3.8) is 0 Å². The lowest BCUT2D eigenvalue weighted by molar-refractivity contribution is 0.108. The van der Waals surface area contributed by atoms with Gasteiger partial charge in [0.1, 0.15) is 17.3 Å². The Hall–Kier alpha value is -1.24. The normalized spacial score (nSPS) is 26.3. The molecule has 0 aliphatic heterocycles. The van der Waals surface area contributed by atoms with Gasteiger partial charge in [-0.1, -0.05) is 0 Å². The van der Waals surface area contributed by atoms with Gasteiger partial charge in [0.05, 0.1) is 12.0 Å². The molecule has 136 valence electrons. The predicted molar refractivity (Wildman–Crippen MR) is 101 cm³/mol. The van der Waals surface area contributed by atoms with Gasteiger partial charge < -0.3 is 14.4 Å². The molecule has 2 aliphatic rings. The van der Waals surface area contributed by atoms with Gasteiger partial charge in [0, 0.05) is 23.9 Å². The van der Waals surface area contributed by atoms with Gasteiger partial charge in [0.15, 0.2) is 0 Å². The monoisotopic (exact) mass is 361 g/mol. The number of ether oxygens (including phenoxy) is 2. The van der Waals surface area contributed by atoms with Crippen molar-refractivity contribution in [2.24, 2.45) is 0 Å². The fraction of sp³-hybridized carbons (Fsp3) is 0.684. The first-order valence-electron chi connectivity index (χ1n) is 9.25. The van der Waals surface area contributed by atoms with E-state index in [-0.39, 0.29) is 6.10 Å². The number of hydrogen-bond donors (Lipinski definition) is 0. The molecule has 1 atom stereocenters. The summed E-state index contributed by atoms with van der Waals surface area (Å²) in [6, 6.07) is 0.682. The third-order valence-electron chi connectivity index (χ3n) is 5.72. The summed E-state index contributed by atoms with van der Waals surface area (Å²) in [5, 5.41) is 1.15. The van der Waals surface area contributed by atoms with Gasteiger partial charge in [-0.2, -0.15) is 0 Å². The minimum atomic E-state index is 0.270. The Bertz CT molecular complexity index is 738. The number of nitrogens with zero attached hydrogens (tertiary/aromatic N) is 3. The van der Waals surface area contributed by atoms with E-state index in [2.05, 4.69) is 29.0 Å². The highest BCUT2D eigenvalue weighted by Gasteiger charge is 2.31. The summed E-state index contributed by atoms with van der Waals surface area (Å²) in [4.78, 5) is 13.9. The number of aryl methyl sites for hydroxylation is 1. The number of methoxy groups -OCH3 is 1. The van der Waals surface area contributed by atoms with Crippen LogP contribution in [0.5, 0.6) is 5.88 Å². The van der Waals surface area contributed by atoms with Crippen LogP contribution < -0.4 is 4.74 Å². The molecular formula is C19H27N3O2S. The summed E-state index contributed by atoms with van der Waals surface area (Å²) < 4.78 is 11.8. The summed E-state index contributed by atoms with van der Waals surface area (Å²) in [5.41, 5.74) is 1.39. The van der Waals surface area contributed by atoms with Gasteiger partial charge in [-0.05, 0) is 58.2 Å². The largest absolute Gasteiger partial charge is 0.474 e. The predicted octanol–water partition coefficient (Wildman–Crippen LogP) is 3.62. The fourth-order valence-corrected chi connectivity index (χ4v) is 5.57. The Morgan fingerprint density at radius 3 is 2.68 bits per heavy atom. The summed E-state index contributed by atoms with van der Waals surface area (Å²) in [7, 11) is 6.12. The molecule has 1 fully saturated rings. The number of rotatable bonds is 5. The first-order chi connectivity index (χ1) is 12.2. The molecule has 2 aliphatic carbocycles. The molecule has 2 heterocycles. The van der Waals surface area contributed by atoms with E-state index in [0.717, 1.165) is 48.4 Å². The first kappa shape index (κ1) is 17.2. The summed E-state index contributed by atoms with van der Waals surface area (Å²) >= 11 is 1.80. The van der Waals surface area contributed by atoms with Crippen molar-refractivity contribution in [1.82, 2.24) is 14.9 Å². The number of fused-ring (bicyclic) bond motifs is 3. The van der Waals surface area contributed by atoms with Crippen LogP contribution in [0.25, 0.3) is 10.2 Å². The maximum absolute atomic E-state index is 6.40. The third-order valence-corrected chi connectivity index (χ3v) is 6.89. The van der Waals surface area contributed by atoms with Gasteiger partial charge in [0.25, 0.3) is 0 Å². The van der Waals surface area contributed by atoms with E-state index in [1.807, 2.05) is 0 Å². The van der Waals surface area contributed by atoms with Crippen LogP contribution in [0, 0.1) is 0 Å². The molecule has 0 N–H and O–H groups in total. The van der Waals surface area contributed by atoms with Crippen LogP contribution >= 0.6 is 11.3 Å². The van der Waals surface area contributed by atoms with E-state index < -0.39 is 0 Å². The molecule has 0 spiro atoms. The molecule has 0 radical (unpaired) electrons. The minimum absolute atomic E-state index is 0.270.